The zero-order chi connectivity index (χ0) is 31.7. The summed E-state index contributed by atoms with van der Waals surface area (Å²) in [4.78, 5) is 29.7. The zero-order valence-electron chi connectivity index (χ0n) is 25.2. The van der Waals surface area contributed by atoms with Crippen molar-refractivity contribution in [1.29, 1.82) is 0 Å². The molecule has 0 radical (unpaired) electrons. The summed E-state index contributed by atoms with van der Waals surface area (Å²) in [7, 11) is -4.18. The van der Waals surface area contributed by atoms with Crippen molar-refractivity contribution in [3.8, 4) is 0 Å². The molecular formula is C35H38FN3O4S. The number of amides is 2. The van der Waals surface area contributed by atoms with E-state index in [9.17, 15) is 22.4 Å². The van der Waals surface area contributed by atoms with Crippen molar-refractivity contribution < 1.29 is 22.4 Å². The number of rotatable bonds is 13. The summed E-state index contributed by atoms with van der Waals surface area (Å²) in [5.41, 5.74) is 2.46. The van der Waals surface area contributed by atoms with Crippen LogP contribution in [0.1, 0.15) is 37.0 Å². The van der Waals surface area contributed by atoms with Gasteiger partial charge >= 0.3 is 0 Å². The van der Waals surface area contributed by atoms with E-state index in [1.54, 1.807) is 61.5 Å². The van der Waals surface area contributed by atoms with E-state index in [4.69, 9.17) is 0 Å². The quantitative estimate of drug-likeness (QED) is 0.203. The first kappa shape index (κ1) is 32.4. The van der Waals surface area contributed by atoms with Gasteiger partial charge in [-0.3, -0.25) is 13.9 Å². The van der Waals surface area contributed by atoms with Gasteiger partial charge in [0, 0.05) is 19.0 Å². The Labute approximate surface area is 259 Å². The van der Waals surface area contributed by atoms with Crippen LogP contribution in [0.5, 0.6) is 0 Å². The zero-order valence-corrected chi connectivity index (χ0v) is 26.0. The van der Waals surface area contributed by atoms with E-state index < -0.39 is 34.3 Å². The monoisotopic (exact) mass is 615 g/mol. The highest BCUT2D eigenvalue weighted by Crippen LogP contribution is 2.27. The molecule has 9 heteroatoms. The third-order valence-electron chi connectivity index (χ3n) is 7.53. The van der Waals surface area contributed by atoms with Gasteiger partial charge in [0.15, 0.2) is 0 Å². The molecule has 0 bridgehead atoms. The summed E-state index contributed by atoms with van der Waals surface area (Å²) in [6.07, 6.45) is 0.887. The first-order valence-corrected chi connectivity index (χ1v) is 16.1. The minimum Gasteiger partial charge on any atom is -0.352 e. The molecule has 0 aliphatic carbocycles. The summed E-state index contributed by atoms with van der Waals surface area (Å²) in [5.74, 6) is -1.36. The first-order valence-electron chi connectivity index (χ1n) is 14.6. The Morgan fingerprint density at radius 1 is 0.818 bits per heavy atom. The van der Waals surface area contributed by atoms with Gasteiger partial charge in [0.05, 0.1) is 10.6 Å². The van der Waals surface area contributed by atoms with E-state index in [2.05, 4.69) is 5.32 Å². The van der Waals surface area contributed by atoms with Gasteiger partial charge in [0.2, 0.25) is 11.8 Å². The topological polar surface area (TPSA) is 86.8 Å². The van der Waals surface area contributed by atoms with E-state index in [-0.39, 0.29) is 29.8 Å². The van der Waals surface area contributed by atoms with Gasteiger partial charge in [-0.2, -0.15) is 0 Å². The Hall–Kier alpha value is -4.50. The molecule has 0 aliphatic rings. The lowest BCUT2D eigenvalue weighted by Gasteiger charge is -2.34. The Morgan fingerprint density at radius 2 is 1.41 bits per heavy atom. The predicted molar refractivity (Wildman–Crippen MR) is 171 cm³/mol. The standard InChI is InChI=1S/C35H38FN3O4S/c1-4-27(3)37-35(41)33(23-28-14-7-5-8-15-28)38(24-29-19-21-30(36)22-20-29)34(40)25-39(32-18-12-11-13-26(32)2)44(42,43)31-16-9-6-10-17-31/h5-22,27,33H,4,23-25H2,1-3H3,(H,37,41)/t27-,33-/m0/s1. The molecule has 4 aromatic carbocycles. The summed E-state index contributed by atoms with van der Waals surface area (Å²) < 4.78 is 43.0. The number of hydrogen-bond donors (Lipinski definition) is 1. The maximum atomic E-state index is 14.4. The molecule has 4 rings (SSSR count). The highest BCUT2D eigenvalue weighted by Gasteiger charge is 2.35. The number of aryl methyl sites for hydroxylation is 1. The van der Waals surface area contributed by atoms with E-state index in [1.165, 1.54) is 29.2 Å². The second kappa shape index (κ2) is 14.8. The maximum absolute atomic E-state index is 14.4. The maximum Gasteiger partial charge on any atom is 0.264 e. The van der Waals surface area contributed by atoms with E-state index in [0.717, 1.165) is 9.87 Å². The van der Waals surface area contributed by atoms with Crippen molar-refractivity contribution in [2.75, 3.05) is 10.8 Å². The summed E-state index contributed by atoms with van der Waals surface area (Å²) in [5, 5.41) is 3.01. The molecule has 4 aromatic rings. The summed E-state index contributed by atoms with van der Waals surface area (Å²) in [6.45, 7) is 5.03. The SMILES string of the molecule is CC[C@H](C)NC(=O)[C@H](Cc1ccccc1)N(Cc1ccc(F)cc1)C(=O)CN(c1ccccc1C)S(=O)(=O)c1ccccc1. The molecule has 0 aromatic heterocycles. The molecule has 2 atom stereocenters. The van der Waals surface area contributed by atoms with Crippen molar-refractivity contribution in [3.05, 3.63) is 132 Å². The van der Waals surface area contributed by atoms with Gasteiger partial charge in [-0.25, -0.2) is 12.8 Å². The second-order valence-electron chi connectivity index (χ2n) is 10.8. The van der Waals surface area contributed by atoms with Crippen molar-refractivity contribution in [2.45, 2.75) is 57.1 Å². The fraction of sp³-hybridized carbons (Fsp3) is 0.257. The fourth-order valence-corrected chi connectivity index (χ4v) is 6.36. The smallest absolute Gasteiger partial charge is 0.264 e. The Bertz CT molecular complexity index is 1650. The second-order valence-corrected chi connectivity index (χ2v) is 12.6. The molecule has 7 nitrogen and oxygen atoms in total. The van der Waals surface area contributed by atoms with Crippen LogP contribution in [0, 0.1) is 12.7 Å². The number of benzene rings is 4. The van der Waals surface area contributed by atoms with Crippen LogP contribution in [0.25, 0.3) is 0 Å². The lowest BCUT2D eigenvalue weighted by molar-refractivity contribution is -0.140. The van der Waals surface area contributed by atoms with Gasteiger partial charge in [0.25, 0.3) is 10.0 Å². The number of carbonyl (C=O) groups is 2. The fourth-order valence-electron chi connectivity index (χ4n) is 4.86. The van der Waals surface area contributed by atoms with Crippen LogP contribution in [0.3, 0.4) is 0 Å². The van der Waals surface area contributed by atoms with Crippen LogP contribution in [0.4, 0.5) is 10.1 Å². The number of hydrogen-bond acceptors (Lipinski definition) is 4. The summed E-state index contributed by atoms with van der Waals surface area (Å²) in [6, 6.07) is 28.8. The molecule has 0 fully saturated rings. The number of halogens is 1. The molecule has 1 N–H and O–H groups in total. The van der Waals surface area contributed by atoms with Gasteiger partial charge < -0.3 is 10.2 Å². The van der Waals surface area contributed by atoms with Crippen LogP contribution in [0.15, 0.2) is 114 Å². The van der Waals surface area contributed by atoms with Crippen LogP contribution < -0.4 is 9.62 Å². The van der Waals surface area contributed by atoms with Crippen molar-refractivity contribution in [1.82, 2.24) is 10.2 Å². The number of carbonyl (C=O) groups excluding carboxylic acids is 2. The molecule has 0 heterocycles. The molecule has 0 saturated carbocycles. The lowest BCUT2D eigenvalue weighted by atomic mass is 10.0. The van der Waals surface area contributed by atoms with Crippen molar-refractivity contribution in [2.24, 2.45) is 0 Å². The average Bonchev–Trinajstić information content (AvgIpc) is 3.03. The number of nitrogens with one attached hydrogen (secondary N) is 1. The van der Waals surface area contributed by atoms with Crippen LogP contribution >= 0.6 is 0 Å². The minimum absolute atomic E-state index is 0.0302. The molecular weight excluding hydrogens is 577 g/mol. The highest BCUT2D eigenvalue weighted by atomic mass is 32.2. The third-order valence-corrected chi connectivity index (χ3v) is 9.31. The number of anilines is 1. The Morgan fingerprint density at radius 3 is 2.02 bits per heavy atom. The van der Waals surface area contributed by atoms with E-state index in [1.807, 2.05) is 44.2 Å². The van der Waals surface area contributed by atoms with Gasteiger partial charge in [-0.05, 0) is 67.3 Å². The number of nitrogens with zero attached hydrogens (tertiary/aromatic N) is 2. The Kier molecular flexibility index (Phi) is 10.9. The first-order chi connectivity index (χ1) is 21.1. The van der Waals surface area contributed by atoms with E-state index in [0.29, 0.717) is 23.2 Å². The van der Waals surface area contributed by atoms with Gasteiger partial charge in [-0.15, -0.1) is 0 Å². The third kappa shape index (κ3) is 8.11. The molecule has 0 unspecified atom stereocenters. The van der Waals surface area contributed by atoms with Crippen LogP contribution in [0.2, 0.25) is 0 Å². The van der Waals surface area contributed by atoms with E-state index >= 15 is 0 Å². The summed E-state index contributed by atoms with van der Waals surface area (Å²) >= 11 is 0. The van der Waals surface area contributed by atoms with Gasteiger partial charge in [-0.1, -0.05) is 85.8 Å². The predicted octanol–water partition coefficient (Wildman–Crippen LogP) is 5.88. The van der Waals surface area contributed by atoms with Crippen LogP contribution in [-0.4, -0.2) is 43.8 Å². The van der Waals surface area contributed by atoms with Crippen molar-refractivity contribution in [3.63, 3.8) is 0 Å². The molecule has 0 spiro atoms. The largest absolute Gasteiger partial charge is 0.352 e. The minimum atomic E-state index is -4.18. The van der Waals surface area contributed by atoms with Gasteiger partial charge in [0.1, 0.15) is 18.4 Å². The molecule has 2 amide bonds. The molecule has 0 saturated heterocycles. The molecule has 44 heavy (non-hydrogen) atoms. The highest BCUT2D eigenvalue weighted by molar-refractivity contribution is 7.92. The normalized spacial score (nSPS) is 12.6. The van der Waals surface area contributed by atoms with Crippen molar-refractivity contribution >= 4 is 27.5 Å². The molecule has 0 aliphatic heterocycles. The number of sulfonamides is 1. The lowest BCUT2D eigenvalue weighted by Crippen LogP contribution is -2.54. The Balaban J connectivity index is 1.81. The number of para-hydroxylation sites is 1. The van der Waals surface area contributed by atoms with Crippen LogP contribution in [-0.2, 0) is 32.6 Å². The molecule has 230 valence electrons. The average molecular weight is 616 g/mol.